The minimum absolute atomic E-state index is 0.0666. The average Bonchev–Trinajstić information content (AvgIpc) is 3.27. The molecule has 0 bridgehead atoms. The topological polar surface area (TPSA) is 73.7 Å². The van der Waals surface area contributed by atoms with E-state index in [1.165, 1.54) is 12.7 Å². The number of benzene rings is 2. The molecule has 5 rings (SSSR count). The predicted molar refractivity (Wildman–Crippen MR) is 139 cm³/mol. The summed E-state index contributed by atoms with van der Waals surface area (Å²) in [7, 11) is 1.43. The number of hydrogen-bond donors (Lipinski definition) is 0. The SMILES string of the molecule is CCOC(=O)[C@@H]1CCC[C@@H](n2c(Cc3ccccc3)nc3c4c(ccc32)N(C(=O)OC)[C@@H](C)CC4)C1. The van der Waals surface area contributed by atoms with Gasteiger partial charge in [-0.25, -0.2) is 9.78 Å². The zero-order valence-electron chi connectivity index (χ0n) is 21.4. The Balaban J connectivity index is 1.61. The molecule has 190 valence electrons. The van der Waals surface area contributed by atoms with Gasteiger partial charge < -0.3 is 14.0 Å². The third-order valence-electron chi connectivity index (χ3n) is 7.74. The van der Waals surface area contributed by atoms with Gasteiger partial charge in [0.05, 0.1) is 36.4 Å². The van der Waals surface area contributed by atoms with Crippen LogP contribution in [0.25, 0.3) is 11.0 Å². The molecule has 7 nitrogen and oxygen atoms in total. The monoisotopic (exact) mass is 489 g/mol. The van der Waals surface area contributed by atoms with E-state index in [-0.39, 0.29) is 30.1 Å². The average molecular weight is 490 g/mol. The third kappa shape index (κ3) is 4.47. The summed E-state index contributed by atoms with van der Waals surface area (Å²) in [5.74, 6) is 0.831. The van der Waals surface area contributed by atoms with E-state index in [0.717, 1.165) is 66.6 Å². The van der Waals surface area contributed by atoms with Crippen molar-refractivity contribution in [3.05, 3.63) is 59.4 Å². The van der Waals surface area contributed by atoms with E-state index < -0.39 is 0 Å². The van der Waals surface area contributed by atoms with Crippen molar-refractivity contribution in [1.82, 2.24) is 9.55 Å². The maximum absolute atomic E-state index is 12.6. The zero-order valence-corrected chi connectivity index (χ0v) is 21.4. The number of aryl methyl sites for hydroxylation is 1. The second kappa shape index (κ2) is 10.3. The molecule has 0 N–H and O–H groups in total. The second-order valence-corrected chi connectivity index (χ2v) is 9.99. The van der Waals surface area contributed by atoms with Gasteiger partial charge in [-0.2, -0.15) is 0 Å². The third-order valence-corrected chi connectivity index (χ3v) is 7.74. The van der Waals surface area contributed by atoms with Gasteiger partial charge in [0, 0.05) is 24.1 Å². The number of anilines is 1. The minimum atomic E-state index is -0.337. The molecule has 1 aliphatic heterocycles. The molecule has 3 aromatic rings. The number of fused-ring (bicyclic) bond motifs is 3. The second-order valence-electron chi connectivity index (χ2n) is 9.99. The molecule has 1 saturated carbocycles. The first-order chi connectivity index (χ1) is 17.5. The zero-order chi connectivity index (χ0) is 25.2. The Hall–Kier alpha value is -3.35. The summed E-state index contributed by atoms with van der Waals surface area (Å²) in [6, 6.07) is 14.8. The molecule has 1 aliphatic carbocycles. The highest BCUT2D eigenvalue weighted by molar-refractivity contribution is 5.95. The molecule has 0 unspecified atom stereocenters. The van der Waals surface area contributed by atoms with E-state index in [1.54, 1.807) is 4.90 Å². The number of amides is 1. The quantitative estimate of drug-likeness (QED) is 0.422. The fourth-order valence-electron chi connectivity index (χ4n) is 6.01. The summed E-state index contributed by atoms with van der Waals surface area (Å²) >= 11 is 0. The number of esters is 1. The summed E-state index contributed by atoms with van der Waals surface area (Å²) in [6.45, 7) is 4.33. The van der Waals surface area contributed by atoms with Crippen LogP contribution in [-0.2, 0) is 27.1 Å². The number of carbonyl (C=O) groups excluding carboxylic acids is 2. The molecule has 2 aromatic carbocycles. The highest BCUT2D eigenvalue weighted by atomic mass is 16.5. The largest absolute Gasteiger partial charge is 0.466 e. The summed E-state index contributed by atoms with van der Waals surface area (Å²) in [4.78, 5) is 32.2. The van der Waals surface area contributed by atoms with E-state index in [0.29, 0.717) is 13.0 Å². The van der Waals surface area contributed by atoms with Crippen molar-refractivity contribution in [3.63, 3.8) is 0 Å². The minimum Gasteiger partial charge on any atom is -0.466 e. The number of rotatable bonds is 5. The Bertz CT molecular complexity index is 1250. The number of hydrogen-bond acceptors (Lipinski definition) is 5. The number of methoxy groups -OCH3 is 1. The number of nitrogens with zero attached hydrogens (tertiary/aromatic N) is 3. The first-order valence-electron chi connectivity index (χ1n) is 13.1. The van der Waals surface area contributed by atoms with Gasteiger partial charge in [-0.05, 0) is 63.6 Å². The van der Waals surface area contributed by atoms with E-state index in [1.807, 2.05) is 19.1 Å². The lowest BCUT2D eigenvalue weighted by molar-refractivity contribution is -0.149. The molecule has 1 aromatic heterocycles. The van der Waals surface area contributed by atoms with Crippen molar-refractivity contribution in [2.24, 2.45) is 5.92 Å². The van der Waals surface area contributed by atoms with Crippen LogP contribution in [0.4, 0.5) is 10.5 Å². The van der Waals surface area contributed by atoms with Gasteiger partial charge in [0.2, 0.25) is 0 Å². The van der Waals surface area contributed by atoms with Crippen LogP contribution < -0.4 is 4.90 Å². The van der Waals surface area contributed by atoms with Crippen molar-refractivity contribution < 1.29 is 19.1 Å². The van der Waals surface area contributed by atoms with Gasteiger partial charge in [0.1, 0.15) is 5.82 Å². The summed E-state index contributed by atoms with van der Waals surface area (Å²) in [5, 5.41) is 0. The summed E-state index contributed by atoms with van der Waals surface area (Å²) < 4.78 is 12.8. The molecule has 36 heavy (non-hydrogen) atoms. The van der Waals surface area contributed by atoms with Crippen LogP contribution in [0.2, 0.25) is 0 Å². The van der Waals surface area contributed by atoms with Crippen LogP contribution in [-0.4, -0.2) is 41.4 Å². The maximum atomic E-state index is 12.6. The van der Waals surface area contributed by atoms with E-state index >= 15 is 0 Å². The summed E-state index contributed by atoms with van der Waals surface area (Å²) in [6.07, 6.45) is 5.71. The van der Waals surface area contributed by atoms with E-state index in [4.69, 9.17) is 14.5 Å². The van der Waals surface area contributed by atoms with Crippen molar-refractivity contribution in [2.45, 2.75) is 70.9 Å². The van der Waals surface area contributed by atoms with Crippen molar-refractivity contribution in [1.29, 1.82) is 0 Å². The van der Waals surface area contributed by atoms with E-state index in [2.05, 4.69) is 41.8 Å². The van der Waals surface area contributed by atoms with Crippen LogP contribution in [0.15, 0.2) is 42.5 Å². The molecule has 0 saturated heterocycles. The van der Waals surface area contributed by atoms with Gasteiger partial charge in [0.15, 0.2) is 0 Å². The van der Waals surface area contributed by atoms with Gasteiger partial charge in [0.25, 0.3) is 0 Å². The van der Waals surface area contributed by atoms with Crippen LogP contribution in [0.5, 0.6) is 0 Å². The lowest BCUT2D eigenvalue weighted by Crippen LogP contribution is -2.42. The molecular weight excluding hydrogens is 454 g/mol. The molecule has 3 atom stereocenters. The first-order valence-corrected chi connectivity index (χ1v) is 13.1. The van der Waals surface area contributed by atoms with Gasteiger partial charge in [-0.3, -0.25) is 9.69 Å². The Morgan fingerprint density at radius 2 is 1.89 bits per heavy atom. The maximum Gasteiger partial charge on any atom is 0.414 e. The predicted octanol–water partition coefficient (Wildman–Crippen LogP) is 5.83. The fraction of sp³-hybridized carbons (Fsp3) is 0.483. The lowest BCUT2D eigenvalue weighted by atomic mass is 9.85. The van der Waals surface area contributed by atoms with Crippen LogP contribution >= 0.6 is 0 Å². The number of imidazole rings is 1. The van der Waals surface area contributed by atoms with Gasteiger partial charge in [-0.15, -0.1) is 0 Å². The number of ether oxygens (including phenoxy) is 2. The Morgan fingerprint density at radius 1 is 1.08 bits per heavy atom. The van der Waals surface area contributed by atoms with Crippen LogP contribution in [0.3, 0.4) is 0 Å². The Kier molecular flexibility index (Phi) is 6.99. The molecule has 0 spiro atoms. The van der Waals surface area contributed by atoms with Gasteiger partial charge in [-0.1, -0.05) is 36.8 Å². The molecule has 1 fully saturated rings. The molecule has 7 heteroatoms. The Morgan fingerprint density at radius 3 is 2.64 bits per heavy atom. The molecule has 2 aliphatic rings. The normalized spacial score (nSPS) is 21.8. The highest BCUT2D eigenvalue weighted by Gasteiger charge is 2.34. The lowest BCUT2D eigenvalue weighted by Gasteiger charge is -2.34. The van der Waals surface area contributed by atoms with E-state index in [9.17, 15) is 9.59 Å². The first kappa shape index (κ1) is 24.3. The number of aromatic nitrogens is 2. The van der Waals surface area contributed by atoms with Crippen molar-refractivity contribution >= 4 is 28.8 Å². The van der Waals surface area contributed by atoms with Crippen molar-refractivity contribution in [2.75, 3.05) is 18.6 Å². The summed E-state index contributed by atoms with van der Waals surface area (Å²) in [5.41, 5.74) is 5.22. The molecule has 2 heterocycles. The standard InChI is InChI=1S/C29H35N3O4/c1-4-36-28(33)21-11-8-12-22(18-21)32-25-16-15-24-23(14-13-19(2)31(24)29(34)35-3)27(25)30-26(32)17-20-9-6-5-7-10-20/h5-7,9-10,15-16,19,21-22H,4,8,11-14,17-18H2,1-3H3/t19-,21+,22+/m0/s1. The molecule has 1 amide bonds. The van der Waals surface area contributed by atoms with Gasteiger partial charge >= 0.3 is 12.1 Å². The van der Waals surface area contributed by atoms with Crippen LogP contribution in [0.1, 0.15) is 68.9 Å². The fourth-order valence-corrected chi connectivity index (χ4v) is 6.01. The van der Waals surface area contributed by atoms with Crippen molar-refractivity contribution in [3.8, 4) is 0 Å². The highest BCUT2D eigenvalue weighted by Crippen LogP contribution is 2.41. The number of carbonyl (C=O) groups is 2. The Labute approximate surface area is 212 Å². The molecular formula is C29H35N3O4. The van der Waals surface area contributed by atoms with Crippen LogP contribution in [0, 0.1) is 5.92 Å². The smallest absolute Gasteiger partial charge is 0.414 e. The molecule has 0 radical (unpaired) electrons.